The molecule has 0 bridgehead atoms. The van der Waals surface area contributed by atoms with Crippen LogP contribution in [0.15, 0.2) is 50.5 Å². The number of hydrogen-bond donors (Lipinski definition) is 1. The molecule has 0 fully saturated rings. The van der Waals surface area contributed by atoms with Crippen molar-refractivity contribution in [3.05, 3.63) is 67.3 Å². The molecule has 1 aliphatic rings. The number of ether oxygens (including phenoxy) is 2. The van der Waals surface area contributed by atoms with Gasteiger partial charge in [-0.15, -0.1) is 0 Å². The highest BCUT2D eigenvalue weighted by molar-refractivity contribution is 9.10. The maximum atomic E-state index is 12.7. The highest BCUT2D eigenvalue weighted by atomic mass is 79.9. The van der Waals surface area contributed by atoms with E-state index >= 15 is 0 Å². The van der Waals surface area contributed by atoms with Gasteiger partial charge in [-0.05, 0) is 23.8 Å². The minimum Gasteiger partial charge on any atom is -0.454 e. The molecular weight excluding hydrogens is 364 g/mol. The van der Waals surface area contributed by atoms with Gasteiger partial charge in [0.1, 0.15) is 0 Å². The molecule has 3 aromatic rings. The number of benzene rings is 2. The molecule has 7 heteroatoms. The molecule has 1 aromatic heterocycles. The van der Waals surface area contributed by atoms with Crippen LogP contribution in [-0.4, -0.2) is 16.3 Å². The number of nitrogens with zero attached hydrogens (tertiary/aromatic N) is 1. The number of H-pyrrole nitrogens is 1. The first-order valence-corrected chi connectivity index (χ1v) is 7.72. The third kappa shape index (κ3) is 2.43. The molecular formula is C16H11BrN2O4. The molecule has 0 unspecified atom stereocenters. The van der Waals surface area contributed by atoms with Gasteiger partial charge in [-0.25, -0.2) is 4.79 Å². The van der Waals surface area contributed by atoms with Crippen LogP contribution in [-0.2, 0) is 6.54 Å². The molecule has 2 aromatic carbocycles. The van der Waals surface area contributed by atoms with Gasteiger partial charge in [-0.3, -0.25) is 9.36 Å². The van der Waals surface area contributed by atoms with E-state index in [1.807, 2.05) is 24.3 Å². The Hall–Kier alpha value is -2.54. The van der Waals surface area contributed by atoms with Crippen molar-refractivity contribution >= 4 is 26.8 Å². The molecule has 2 heterocycles. The third-order valence-electron chi connectivity index (χ3n) is 3.73. The van der Waals surface area contributed by atoms with Crippen molar-refractivity contribution in [1.29, 1.82) is 0 Å². The Bertz CT molecular complexity index is 1020. The predicted molar refractivity (Wildman–Crippen MR) is 88.2 cm³/mol. The highest BCUT2D eigenvalue weighted by Crippen LogP contribution is 2.34. The zero-order valence-electron chi connectivity index (χ0n) is 11.8. The largest absolute Gasteiger partial charge is 0.454 e. The number of fused-ring (bicyclic) bond motifs is 2. The zero-order chi connectivity index (χ0) is 16.0. The van der Waals surface area contributed by atoms with Gasteiger partial charge >= 0.3 is 5.69 Å². The second-order valence-electron chi connectivity index (χ2n) is 5.20. The minimum atomic E-state index is -0.454. The van der Waals surface area contributed by atoms with E-state index < -0.39 is 5.69 Å². The Kier molecular flexibility index (Phi) is 3.23. The van der Waals surface area contributed by atoms with Crippen LogP contribution in [0.2, 0.25) is 0 Å². The quantitative estimate of drug-likeness (QED) is 0.746. The fourth-order valence-electron chi connectivity index (χ4n) is 2.56. The lowest BCUT2D eigenvalue weighted by Crippen LogP contribution is -2.35. The van der Waals surface area contributed by atoms with E-state index in [2.05, 4.69) is 20.9 Å². The van der Waals surface area contributed by atoms with Crippen LogP contribution in [0.25, 0.3) is 10.9 Å². The van der Waals surface area contributed by atoms with Gasteiger partial charge in [-0.1, -0.05) is 28.1 Å². The number of nitrogens with one attached hydrogen (secondary N) is 1. The Morgan fingerprint density at radius 2 is 1.78 bits per heavy atom. The topological polar surface area (TPSA) is 73.3 Å². The standard InChI is InChI=1S/C16H11BrN2O4/c17-10-3-1-9(2-4-10)7-19-15(20)11-5-13-14(23-8-22-13)6-12(11)18-16(19)21/h1-6H,7-8H2,(H,18,21). The van der Waals surface area contributed by atoms with Gasteiger partial charge in [-0.2, -0.15) is 0 Å². The lowest BCUT2D eigenvalue weighted by atomic mass is 10.2. The second-order valence-corrected chi connectivity index (χ2v) is 6.11. The van der Waals surface area contributed by atoms with Crippen molar-refractivity contribution in [2.24, 2.45) is 0 Å². The average molecular weight is 375 g/mol. The normalized spacial score (nSPS) is 12.7. The van der Waals surface area contributed by atoms with E-state index in [0.29, 0.717) is 22.4 Å². The van der Waals surface area contributed by atoms with Crippen molar-refractivity contribution < 1.29 is 9.47 Å². The molecule has 0 saturated carbocycles. The SMILES string of the molecule is O=c1[nH]c2cc3c(cc2c(=O)n1Cc1ccc(Br)cc1)OCO3. The van der Waals surface area contributed by atoms with Gasteiger partial charge in [0, 0.05) is 10.5 Å². The zero-order valence-corrected chi connectivity index (χ0v) is 13.4. The van der Waals surface area contributed by atoms with Crippen LogP contribution < -0.4 is 20.7 Å². The summed E-state index contributed by atoms with van der Waals surface area (Å²) in [6, 6.07) is 10.7. The number of aromatic amines is 1. The first-order valence-electron chi connectivity index (χ1n) is 6.93. The summed E-state index contributed by atoms with van der Waals surface area (Å²) in [5, 5.41) is 0.394. The lowest BCUT2D eigenvalue weighted by Gasteiger charge is -2.07. The minimum absolute atomic E-state index is 0.114. The summed E-state index contributed by atoms with van der Waals surface area (Å²) in [7, 11) is 0. The number of halogens is 1. The second kappa shape index (κ2) is 5.27. The molecule has 1 N–H and O–H groups in total. The molecule has 1 aliphatic heterocycles. The number of hydrogen-bond acceptors (Lipinski definition) is 4. The molecule has 0 radical (unpaired) electrons. The first-order chi connectivity index (χ1) is 11.1. The fourth-order valence-corrected chi connectivity index (χ4v) is 2.82. The summed E-state index contributed by atoms with van der Waals surface area (Å²) >= 11 is 3.36. The number of aromatic nitrogens is 2. The number of rotatable bonds is 2. The summed E-state index contributed by atoms with van der Waals surface area (Å²) in [6.07, 6.45) is 0. The lowest BCUT2D eigenvalue weighted by molar-refractivity contribution is 0.174. The monoisotopic (exact) mass is 374 g/mol. The van der Waals surface area contributed by atoms with E-state index in [4.69, 9.17) is 9.47 Å². The van der Waals surface area contributed by atoms with Crippen molar-refractivity contribution in [1.82, 2.24) is 9.55 Å². The van der Waals surface area contributed by atoms with Crippen molar-refractivity contribution in [2.45, 2.75) is 6.54 Å². The average Bonchev–Trinajstić information content (AvgIpc) is 2.99. The van der Waals surface area contributed by atoms with E-state index in [1.165, 1.54) is 4.57 Å². The van der Waals surface area contributed by atoms with Crippen LogP contribution in [0, 0.1) is 0 Å². The van der Waals surface area contributed by atoms with E-state index in [0.717, 1.165) is 10.0 Å². The van der Waals surface area contributed by atoms with Crippen molar-refractivity contribution in [3.63, 3.8) is 0 Å². The Morgan fingerprint density at radius 1 is 1.09 bits per heavy atom. The predicted octanol–water partition coefficient (Wildman–Crippen LogP) is 2.23. The molecule has 4 rings (SSSR count). The Balaban J connectivity index is 1.87. The van der Waals surface area contributed by atoms with Gasteiger partial charge in [0.25, 0.3) is 5.56 Å². The van der Waals surface area contributed by atoms with Crippen LogP contribution in [0.5, 0.6) is 11.5 Å². The smallest absolute Gasteiger partial charge is 0.329 e. The summed E-state index contributed by atoms with van der Waals surface area (Å²) in [4.78, 5) is 27.6. The van der Waals surface area contributed by atoms with Gasteiger partial charge in [0.05, 0.1) is 17.4 Å². The Morgan fingerprint density at radius 3 is 2.52 bits per heavy atom. The van der Waals surface area contributed by atoms with Crippen LogP contribution in [0.1, 0.15) is 5.56 Å². The van der Waals surface area contributed by atoms with E-state index in [9.17, 15) is 9.59 Å². The summed E-state index contributed by atoms with van der Waals surface area (Å²) < 4.78 is 12.7. The van der Waals surface area contributed by atoms with Gasteiger partial charge < -0.3 is 14.5 Å². The molecule has 23 heavy (non-hydrogen) atoms. The van der Waals surface area contributed by atoms with Gasteiger partial charge in [0.2, 0.25) is 6.79 Å². The van der Waals surface area contributed by atoms with Crippen LogP contribution in [0.4, 0.5) is 0 Å². The Labute approximate surface area is 138 Å². The molecule has 0 aliphatic carbocycles. The maximum Gasteiger partial charge on any atom is 0.329 e. The molecule has 0 atom stereocenters. The van der Waals surface area contributed by atoms with Crippen LogP contribution in [0.3, 0.4) is 0 Å². The molecule has 0 saturated heterocycles. The molecule has 116 valence electrons. The summed E-state index contributed by atoms with van der Waals surface area (Å²) in [6.45, 7) is 0.314. The molecule has 0 amide bonds. The van der Waals surface area contributed by atoms with Gasteiger partial charge in [0.15, 0.2) is 11.5 Å². The maximum absolute atomic E-state index is 12.7. The van der Waals surface area contributed by atoms with Crippen LogP contribution >= 0.6 is 15.9 Å². The van der Waals surface area contributed by atoms with E-state index in [-0.39, 0.29) is 18.9 Å². The molecule has 6 nitrogen and oxygen atoms in total. The summed E-state index contributed by atoms with van der Waals surface area (Å²) in [5.41, 5.74) is 0.492. The fraction of sp³-hybridized carbons (Fsp3) is 0.125. The highest BCUT2D eigenvalue weighted by Gasteiger charge is 2.17. The summed E-state index contributed by atoms with van der Waals surface area (Å²) in [5.74, 6) is 1.04. The first kappa shape index (κ1) is 14.1. The van der Waals surface area contributed by atoms with E-state index in [1.54, 1.807) is 12.1 Å². The van der Waals surface area contributed by atoms with Crippen molar-refractivity contribution in [3.8, 4) is 11.5 Å². The van der Waals surface area contributed by atoms with Crippen molar-refractivity contribution in [2.75, 3.05) is 6.79 Å². The third-order valence-corrected chi connectivity index (χ3v) is 4.26. The molecule has 0 spiro atoms.